The minimum Gasteiger partial charge on any atom is -0.330 e. The van der Waals surface area contributed by atoms with Crippen molar-refractivity contribution >= 4 is 11.3 Å². The van der Waals surface area contributed by atoms with Gasteiger partial charge in [-0.05, 0) is 31.7 Å². The predicted molar refractivity (Wildman–Crippen MR) is 78.0 cm³/mol. The van der Waals surface area contributed by atoms with Crippen LogP contribution < -0.4 is 11.1 Å². The zero-order valence-corrected chi connectivity index (χ0v) is 12.2. The molecule has 1 fully saturated rings. The molecule has 0 amide bonds. The molecule has 0 unspecified atom stereocenters. The van der Waals surface area contributed by atoms with E-state index in [2.05, 4.69) is 22.6 Å². The number of hydrogen-bond acceptors (Lipinski definition) is 4. The molecule has 18 heavy (non-hydrogen) atoms. The van der Waals surface area contributed by atoms with E-state index in [1.165, 1.54) is 37.8 Å². The van der Waals surface area contributed by atoms with E-state index in [1.807, 2.05) is 0 Å². The minimum atomic E-state index is 0.371. The number of nitrogens with zero attached hydrogens (tertiary/aromatic N) is 1. The van der Waals surface area contributed by atoms with Crippen LogP contribution in [0.1, 0.15) is 42.8 Å². The van der Waals surface area contributed by atoms with Crippen molar-refractivity contribution in [3.63, 3.8) is 0 Å². The van der Waals surface area contributed by atoms with Crippen LogP contribution in [0.5, 0.6) is 0 Å². The van der Waals surface area contributed by atoms with Gasteiger partial charge in [0.15, 0.2) is 0 Å². The summed E-state index contributed by atoms with van der Waals surface area (Å²) in [6, 6.07) is 0. The summed E-state index contributed by atoms with van der Waals surface area (Å²) in [5, 5.41) is 6.91. The van der Waals surface area contributed by atoms with Crippen LogP contribution in [0, 0.1) is 12.3 Å². The monoisotopic (exact) mass is 267 g/mol. The van der Waals surface area contributed by atoms with E-state index in [-0.39, 0.29) is 0 Å². The smallest absolute Gasteiger partial charge is 0.0897 e. The quantitative estimate of drug-likeness (QED) is 0.779. The molecular formula is C14H25N3S. The summed E-state index contributed by atoms with van der Waals surface area (Å²) < 4.78 is 0. The molecule has 1 aliphatic rings. The summed E-state index contributed by atoms with van der Waals surface area (Å²) in [7, 11) is 0. The molecule has 0 radical (unpaired) electrons. The second-order valence-electron chi connectivity index (χ2n) is 5.55. The second kappa shape index (κ2) is 6.64. The Balaban J connectivity index is 1.70. The van der Waals surface area contributed by atoms with Gasteiger partial charge in [-0.15, -0.1) is 11.3 Å². The van der Waals surface area contributed by atoms with Gasteiger partial charge >= 0.3 is 0 Å². The van der Waals surface area contributed by atoms with Crippen LogP contribution in [-0.2, 0) is 6.42 Å². The molecule has 1 aromatic rings. The summed E-state index contributed by atoms with van der Waals surface area (Å²) in [4.78, 5) is 4.49. The lowest BCUT2D eigenvalue weighted by Gasteiger charge is -2.36. The van der Waals surface area contributed by atoms with E-state index < -0.39 is 0 Å². The number of hydrogen-bond donors (Lipinski definition) is 2. The number of aromatic nitrogens is 1. The third-order valence-corrected chi connectivity index (χ3v) is 4.89. The van der Waals surface area contributed by atoms with Crippen LogP contribution in [0.25, 0.3) is 0 Å². The highest BCUT2D eigenvalue weighted by atomic mass is 32.1. The maximum Gasteiger partial charge on any atom is 0.0897 e. The molecule has 1 aromatic heterocycles. The molecule has 4 heteroatoms. The van der Waals surface area contributed by atoms with Gasteiger partial charge in [0.05, 0.1) is 10.7 Å². The molecule has 102 valence electrons. The van der Waals surface area contributed by atoms with Crippen LogP contribution >= 0.6 is 11.3 Å². The minimum absolute atomic E-state index is 0.371. The Kier molecular flexibility index (Phi) is 5.15. The maximum absolute atomic E-state index is 5.98. The normalized spacial score (nSPS) is 19.0. The average Bonchev–Trinajstić information content (AvgIpc) is 2.82. The van der Waals surface area contributed by atoms with Crippen molar-refractivity contribution in [2.45, 2.75) is 45.4 Å². The molecule has 0 atom stereocenters. The first-order valence-corrected chi connectivity index (χ1v) is 7.94. The number of rotatable bonds is 6. The predicted octanol–water partition coefficient (Wildman–Crippen LogP) is 2.49. The van der Waals surface area contributed by atoms with E-state index in [0.29, 0.717) is 5.41 Å². The Morgan fingerprint density at radius 3 is 2.78 bits per heavy atom. The summed E-state index contributed by atoms with van der Waals surface area (Å²) in [5.41, 5.74) is 7.57. The maximum atomic E-state index is 5.98. The highest BCUT2D eigenvalue weighted by molar-refractivity contribution is 7.09. The van der Waals surface area contributed by atoms with Crippen LogP contribution in [0.3, 0.4) is 0 Å². The third kappa shape index (κ3) is 3.77. The molecule has 3 N–H and O–H groups in total. The van der Waals surface area contributed by atoms with E-state index in [1.54, 1.807) is 11.3 Å². The van der Waals surface area contributed by atoms with Crippen LogP contribution in [0.4, 0.5) is 0 Å². The first kappa shape index (κ1) is 14.0. The van der Waals surface area contributed by atoms with Crippen LogP contribution in [0.2, 0.25) is 0 Å². The molecule has 2 rings (SSSR count). The Labute approximate surface area is 114 Å². The van der Waals surface area contributed by atoms with E-state index in [0.717, 1.165) is 31.1 Å². The fourth-order valence-corrected chi connectivity index (χ4v) is 3.50. The van der Waals surface area contributed by atoms with Gasteiger partial charge in [-0.3, -0.25) is 0 Å². The molecular weight excluding hydrogens is 242 g/mol. The van der Waals surface area contributed by atoms with Crippen molar-refractivity contribution in [3.8, 4) is 0 Å². The van der Waals surface area contributed by atoms with Crippen molar-refractivity contribution in [1.29, 1.82) is 0 Å². The summed E-state index contributed by atoms with van der Waals surface area (Å²) in [6.07, 6.45) is 7.72. The van der Waals surface area contributed by atoms with Crippen molar-refractivity contribution in [2.75, 3.05) is 19.6 Å². The highest BCUT2D eigenvalue weighted by Crippen LogP contribution is 2.34. The van der Waals surface area contributed by atoms with Crippen molar-refractivity contribution < 1.29 is 0 Å². The van der Waals surface area contributed by atoms with E-state index in [4.69, 9.17) is 5.73 Å². The van der Waals surface area contributed by atoms with Gasteiger partial charge in [-0.2, -0.15) is 0 Å². The zero-order chi connectivity index (χ0) is 12.8. The van der Waals surface area contributed by atoms with Gasteiger partial charge in [-0.1, -0.05) is 19.3 Å². The molecule has 1 saturated carbocycles. The van der Waals surface area contributed by atoms with Gasteiger partial charge < -0.3 is 11.1 Å². The molecule has 3 nitrogen and oxygen atoms in total. The fourth-order valence-electron chi connectivity index (χ4n) is 2.85. The first-order chi connectivity index (χ1) is 8.74. The molecule has 1 heterocycles. The lowest BCUT2D eigenvalue weighted by molar-refractivity contribution is 0.192. The van der Waals surface area contributed by atoms with Gasteiger partial charge in [0.1, 0.15) is 0 Å². The standard InChI is InChI=1S/C14H25N3S/c1-12-17-13(9-18-12)5-8-16-11-14(10-15)6-3-2-4-7-14/h9,16H,2-8,10-11,15H2,1H3. The molecule has 0 spiro atoms. The number of nitrogens with one attached hydrogen (secondary N) is 1. The Morgan fingerprint density at radius 1 is 1.39 bits per heavy atom. The lowest BCUT2D eigenvalue weighted by atomic mass is 9.74. The zero-order valence-electron chi connectivity index (χ0n) is 11.4. The van der Waals surface area contributed by atoms with Gasteiger partial charge in [0, 0.05) is 24.9 Å². The molecule has 0 saturated heterocycles. The van der Waals surface area contributed by atoms with Gasteiger partial charge in [0.25, 0.3) is 0 Å². The number of thiazole rings is 1. The Hall–Kier alpha value is -0.450. The Bertz CT molecular complexity index is 356. The molecule has 1 aliphatic carbocycles. The number of nitrogens with two attached hydrogens (primary N) is 1. The SMILES string of the molecule is Cc1nc(CCNCC2(CN)CCCCC2)cs1. The molecule has 0 aliphatic heterocycles. The summed E-state index contributed by atoms with van der Waals surface area (Å²) in [5.74, 6) is 0. The van der Waals surface area contributed by atoms with Gasteiger partial charge in [0.2, 0.25) is 0 Å². The lowest BCUT2D eigenvalue weighted by Crippen LogP contribution is -2.42. The van der Waals surface area contributed by atoms with E-state index in [9.17, 15) is 0 Å². The second-order valence-corrected chi connectivity index (χ2v) is 6.61. The topological polar surface area (TPSA) is 50.9 Å². The largest absolute Gasteiger partial charge is 0.330 e. The Morgan fingerprint density at radius 2 is 2.17 bits per heavy atom. The summed E-state index contributed by atoms with van der Waals surface area (Å²) >= 11 is 1.74. The molecule has 0 aromatic carbocycles. The van der Waals surface area contributed by atoms with E-state index >= 15 is 0 Å². The van der Waals surface area contributed by atoms with Crippen LogP contribution in [-0.4, -0.2) is 24.6 Å². The van der Waals surface area contributed by atoms with Crippen molar-refractivity contribution in [2.24, 2.45) is 11.1 Å². The third-order valence-electron chi connectivity index (χ3n) is 4.07. The number of aryl methyl sites for hydroxylation is 1. The van der Waals surface area contributed by atoms with Gasteiger partial charge in [-0.25, -0.2) is 4.98 Å². The summed E-state index contributed by atoms with van der Waals surface area (Å²) in [6.45, 7) is 4.99. The van der Waals surface area contributed by atoms with Crippen LogP contribution in [0.15, 0.2) is 5.38 Å². The average molecular weight is 267 g/mol. The highest BCUT2D eigenvalue weighted by Gasteiger charge is 2.29. The van der Waals surface area contributed by atoms with Crippen molar-refractivity contribution in [1.82, 2.24) is 10.3 Å². The fraction of sp³-hybridized carbons (Fsp3) is 0.786. The first-order valence-electron chi connectivity index (χ1n) is 7.06. The van der Waals surface area contributed by atoms with Crippen molar-refractivity contribution in [3.05, 3.63) is 16.1 Å². The molecule has 0 bridgehead atoms.